The molecule has 0 aromatic rings. The summed E-state index contributed by atoms with van der Waals surface area (Å²) in [5.74, 6) is -0.225. The third-order valence-corrected chi connectivity index (χ3v) is 0.859. The van der Waals surface area contributed by atoms with E-state index < -0.39 is 0 Å². The zero-order chi connectivity index (χ0) is 7.28. The molecule has 0 saturated heterocycles. The molecule has 0 fully saturated rings. The summed E-state index contributed by atoms with van der Waals surface area (Å²) in [6, 6.07) is 1.84. The van der Waals surface area contributed by atoms with Gasteiger partial charge in [-0.05, 0) is 6.08 Å². The number of likely N-dealkylation sites (N-methyl/N-ethyl adjacent to an activating group) is 1. The predicted molar refractivity (Wildman–Crippen MR) is 33.4 cm³/mol. The van der Waals surface area contributed by atoms with Crippen LogP contribution in [-0.2, 0) is 4.79 Å². The van der Waals surface area contributed by atoms with Crippen LogP contribution in [0.15, 0.2) is 12.7 Å². The summed E-state index contributed by atoms with van der Waals surface area (Å²) < 4.78 is 0. The summed E-state index contributed by atoms with van der Waals surface area (Å²) >= 11 is 0. The number of nitrogens with zero attached hydrogens (tertiary/aromatic N) is 2. The molecular weight excluding hydrogens is 116 g/mol. The monoisotopic (exact) mass is 124 g/mol. The van der Waals surface area contributed by atoms with Gasteiger partial charge >= 0.3 is 0 Å². The standard InChI is InChI=1S/C6H8N2O/c1-3-6(9)8(2)5-4-7/h3H,1,5H2,2H3. The molecule has 3 nitrogen and oxygen atoms in total. The summed E-state index contributed by atoms with van der Waals surface area (Å²) in [6.07, 6.45) is 1.18. The molecule has 0 aliphatic carbocycles. The number of hydrogen-bond donors (Lipinski definition) is 0. The van der Waals surface area contributed by atoms with Crippen LogP contribution in [0, 0.1) is 11.3 Å². The number of rotatable bonds is 2. The minimum Gasteiger partial charge on any atom is -0.329 e. The maximum absolute atomic E-state index is 10.6. The van der Waals surface area contributed by atoms with E-state index in [9.17, 15) is 4.79 Å². The fourth-order valence-corrected chi connectivity index (χ4v) is 0.340. The van der Waals surface area contributed by atoms with Crippen LogP contribution in [0.1, 0.15) is 0 Å². The smallest absolute Gasteiger partial charge is 0.246 e. The van der Waals surface area contributed by atoms with Crippen LogP contribution in [0.3, 0.4) is 0 Å². The Balaban J connectivity index is 3.75. The van der Waals surface area contributed by atoms with Gasteiger partial charge in [0, 0.05) is 7.05 Å². The van der Waals surface area contributed by atoms with Crippen LogP contribution in [-0.4, -0.2) is 24.4 Å². The molecule has 0 N–H and O–H groups in total. The van der Waals surface area contributed by atoms with Crippen molar-refractivity contribution in [2.75, 3.05) is 13.6 Å². The predicted octanol–water partition coefficient (Wildman–Crippen LogP) is 0.154. The van der Waals surface area contributed by atoms with Crippen molar-refractivity contribution in [1.29, 1.82) is 5.26 Å². The third kappa shape index (κ3) is 2.50. The van der Waals surface area contributed by atoms with Crippen molar-refractivity contribution >= 4 is 5.91 Å². The van der Waals surface area contributed by atoms with E-state index in [1.54, 1.807) is 7.05 Å². The molecule has 0 aliphatic heterocycles. The zero-order valence-electron chi connectivity index (χ0n) is 5.29. The summed E-state index contributed by atoms with van der Waals surface area (Å²) in [7, 11) is 1.55. The summed E-state index contributed by atoms with van der Waals surface area (Å²) in [4.78, 5) is 11.8. The van der Waals surface area contributed by atoms with Crippen LogP contribution in [0.25, 0.3) is 0 Å². The van der Waals surface area contributed by atoms with Gasteiger partial charge in [-0.2, -0.15) is 5.26 Å². The Morgan fingerprint density at radius 1 is 2.00 bits per heavy atom. The van der Waals surface area contributed by atoms with E-state index in [-0.39, 0.29) is 12.5 Å². The first-order valence-corrected chi connectivity index (χ1v) is 2.47. The second-order valence-corrected chi connectivity index (χ2v) is 1.56. The molecule has 1 amide bonds. The Hall–Kier alpha value is -1.30. The van der Waals surface area contributed by atoms with Crippen molar-refractivity contribution in [3.63, 3.8) is 0 Å². The van der Waals surface area contributed by atoms with Gasteiger partial charge in [0.05, 0.1) is 6.07 Å². The fraction of sp³-hybridized carbons (Fsp3) is 0.333. The Morgan fingerprint density at radius 2 is 2.56 bits per heavy atom. The van der Waals surface area contributed by atoms with Crippen LogP contribution in [0.5, 0.6) is 0 Å². The molecule has 0 aliphatic rings. The minimum atomic E-state index is -0.225. The maximum atomic E-state index is 10.6. The van der Waals surface area contributed by atoms with Crippen LogP contribution in [0.2, 0.25) is 0 Å². The van der Waals surface area contributed by atoms with Crippen LogP contribution < -0.4 is 0 Å². The fourth-order valence-electron chi connectivity index (χ4n) is 0.340. The molecule has 3 heteroatoms. The lowest BCUT2D eigenvalue weighted by molar-refractivity contribution is -0.124. The molecular formula is C6H8N2O. The first-order chi connectivity index (χ1) is 4.22. The normalized spacial score (nSPS) is 7.56. The van der Waals surface area contributed by atoms with Crippen molar-refractivity contribution in [2.24, 2.45) is 0 Å². The lowest BCUT2D eigenvalue weighted by atomic mass is 10.5. The number of hydrogen-bond acceptors (Lipinski definition) is 2. The Kier molecular flexibility index (Phi) is 3.14. The Bertz CT molecular complexity index is 157. The average molecular weight is 124 g/mol. The van der Waals surface area contributed by atoms with Crippen molar-refractivity contribution in [1.82, 2.24) is 4.90 Å². The van der Waals surface area contributed by atoms with Crippen molar-refractivity contribution in [3.05, 3.63) is 12.7 Å². The molecule has 9 heavy (non-hydrogen) atoms. The molecule has 0 aromatic heterocycles. The lowest BCUT2D eigenvalue weighted by Crippen LogP contribution is -2.24. The third-order valence-electron chi connectivity index (χ3n) is 0.859. The topological polar surface area (TPSA) is 44.1 Å². The largest absolute Gasteiger partial charge is 0.329 e. The molecule has 48 valence electrons. The van der Waals surface area contributed by atoms with Crippen molar-refractivity contribution < 1.29 is 4.79 Å². The van der Waals surface area contributed by atoms with E-state index in [0.717, 1.165) is 0 Å². The van der Waals surface area contributed by atoms with E-state index >= 15 is 0 Å². The van der Waals surface area contributed by atoms with Gasteiger partial charge < -0.3 is 4.90 Å². The molecule has 0 atom stereocenters. The molecule has 0 heterocycles. The van der Waals surface area contributed by atoms with Gasteiger partial charge in [-0.3, -0.25) is 4.79 Å². The van der Waals surface area contributed by atoms with Gasteiger partial charge in [0.15, 0.2) is 0 Å². The quantitative estimate of drug-likeness (QED) is 0.388. The van der Waals surface area contributed by atoms with Gasteiger partial charge in [0.1, 0.15) is 6.54 Å². The maximum Gasteiger partial charge on any atom is 0.246 e. The number of nitriles is 1. The summed E-state index contributed by atoms with van der Waals surface area (Å²) in [5.41, 5.74) is 0. The lowest BCUT2D eigenvalue weighted by Gasteiger charge is -2.07. The van der Waals surface area contributed by atoms with Gasteiger partial charge in [0.2, 0.25) is 5.91 Å². The van der Waals surface area contributed by atoms with Gasteiger partial charge in [-0.1, -0.05) is 6.58 Å². The zero-order valence-corrected chi connectivity index (χ0v) is 5.29. The van der Waals surface area contributed by atoms with Crippen LogP contribution >= 0.6 is 0 Å². The Labute approximate surface area is 54.2 Å². The van der Waals surface area contributed by atoms with E-state index in [0.29, 0.717) is 0 Å². The van der Waals surface area contributed by atoms with Gasteiger partial charge in [0.25, 0.3) is 0 Å². The highest BCUT2D eigenvalue weighted by Crippen LogP contribution is 1.81. The molecule has 0 radical (unpaired) electrons. The van der Waals surface area contributed by atoms with E-state index in [1.807, 2.05) is 6.07 Å². The van der Waals surface area contributed by atoms with E-state index in [4.69, 9.17) is 5.26 Å². The highest BCUT2D eigenvalue weighted by Gasteiger charge is 1.99. The summed E-state index contributed by atoms with van der Waals surface area (Å²) in [5, 5.41) is 8.10. The van der Waals surface area contributed by atoms with Gasteiger partial charge in [-0.15, -0.1) is 0 Å². The molecule has 0 aromatic carbocycles. The van der Waals surface area contributed by atoms with E-state index in [2.05, 4.69) is 6.58 Å². The first-order valence-electron chi connectivity index (χ1n) is 2.47. The molecule has 0 spiro atoms. The highest BCUT2D eigenvalue weighted by atomic mass is 16.2. The summed E-state index contributed by atoms with van der Waals surface area (Å²) in [6.45, 7) is 3.38. The molecule has 0 bridgehead atoms. The van der Waals surface area contributed by atoms with Crippen molar-refractivity contribution in [3.8, 4) is 6.07 Å². The number of carbonyl (C=O) groups is 1. The van der Waals surface area contributed by atoms with Gasteiger partial charge in [-0.25, -0.2) is 0 Å². The van der Waals surface area contributed by atoms with E-state index in [1.165, 1.54) is 11.0 Å². The minimum absolute atomic E-state index is 0.116. The second-order valence-electron chi connectivity index (χ2n) is 1.56. The molecule has 0 rings (SSSR count). The second kappa shape index (κ2) is 3.67. The average Bonchev–Trinajstić information content (AvgIpc) is 1.87. The van der Waals surface area contributed by atoms with Crippen molar-refractivity contribution in [2.45, 2.75) is 0 Å². The number of carbonyl (C=O) groups excluding carboxylic acids is 1. The Morgan fingerprint density at radius 3 is 2.89 bits per heavy atom. The molecule has 0 unspecified atom stereocenters. The number of amides is 1. The van der Waals surface area contributed by atoms with Crippen LogP contribution in [0.4, 0.5) is 0 Å². The highest BCUT2D eigenvalue weighted by molar-refractivity contribution is 5.86. The first kappa shape index (κ1) is 7.70. The molecule has 0 saturated carbocycles. The SMILES string of the molecule is C=CC(=O)N(C)CC#N.